The first-order chi connectivity index (χ1) is 9.10. The van der Waals surface area contributed by atoms with E-state index in [0.29, 0.717) is 12.5 Å². The van der Waals surface area contributed by atoms with Gasteiger partial charge in [0.2, 0.25) is 0 Å². The number of likely N-dealkylation sites (tertiary alicyclic amines) is 1. The van der Waals surface area contributed by atoms with Crippen LogP contribution in [-0.4, -0.2) is 35.1 Å². The van der Waals surface area contributed by atoms with Crippen LogP contribution in [0.4, 0.5) is 0 Å². The summed E-state index contributed by atoms with van der Waals surface area (Å²) in [7, 11) is 0. The van der Waals surface area contributed by atoms with Crippen LogP contribution in [0.5, 0.6) is 0 Å². The number of nitrogens with two attached hydrogens (primary N) is 1. The van der Waals surface area contributed by atoms with Gasteiger partial charge in [0.05, 0.1) is 12.6 Å². The number of furan rings is 1. The number of hydrogen-bond acceptors (Lipinski definition) is 5. The van der Waals surface area contributed by atoms with Gasteiger partial charge in [-0.3, -0.25) is 15.1 Å². The zero-order valence-corrected chi connectivity index (χ0v) is 11.1. The highest BCUT2D eigenvalue weighted by Crippen LogP contribution is 2.22. The third-order valence-corrected chi connectivity index (χ3v) is 3.71. The van der Waals surface area contributed by atoms with Gasteiger partial charge >= 0.3 is 5.91 Å². The fraction of sp³-hybridized carbons (Fsp3) is 0.615. The largest absolute Gasteiger partial charge is 0.455 e. The summed E-state index contributed by atoms with van der Waals surface area (Å²) in [6, 6.07) is 3.42. The lowest BCUT2D eigenvalue weighted by atomic mass is 9.92. The van der Waals surface area contributed by atoms with Crippen molar-refractivity contribution < 1.29 is 14.3 Å². The maximum atomic E-state index is 11.3. The molecule has 6 heteroatoms. The Kier molecular flexibility index (Phi) is 4.57. The van der Waals surface area contributed by atoms with Gasteiger partial charge in [0, 0.05) is 0 Å². The van der Waals surface area contributed by atoms with Crippen LogP contribution < -0.4 is 11.3 Å². The number of hydrogen-bond donors (Lipinski definition) is 3. The molecule has 4 N–H and O–H groups in total. The van der Waals surface area contributed by atoms with Crippen molar-refractivity contribution in [1.82, 2.24) is 10.3 Å². The number of carbonyl (C=O) groups is 1. The average molecular weight is 267 g/mol. The van der Waals surface area contributed by atoms with Crippen LogP contribution in [0.1, 0.15) is 36.1 Å². The Bertz CT molecular complexity index is 423. The summed E-state index contributed by atoms with van der Waals surface area (Å²) >= 11 is 0. The Hall–Kier alpha value is -1.37. The molecule has 1 aromatic heterocycles. The van der Waals surface area contributed by atoms with E-state index < -0.39 is 5.91 Å². The van der Waals surface area contributed by atoms with Gasteiger partial charge in [0.1, 0.15) is 5.76 Å². The van der Waals surface area contributed by atoms with Crippen LogP contribution in [0.2, 0.25) is 0 Å². The normalized spacial score (nSPS) is 19.3. The van der Waals surface area contributed by atoms with Crippen molar-refractivity contribution in [3.8, 4) is 0 Å². The predicted octanol–water partition coefficient (Wildman–Crippen LogP) is 0.476. The van der Waals surface area contributed by atoms with E-state index in [4.69, 9.17) is 10.3 Å². The molecule has 0 saturated carbocycles. The molecule has 1 amide bonds. The van der Waals surface area contributed by atoms with Gasteiger partial charge in [-0.15, -0.1) is 0 Å². The molecule has 2 heterocycles. The van der Waals surface area contributed by atoms with Crippen molar-refractivity contribution in [3.63, 3.8) is 0 Å². The minimum atomic E-state index is -0.418. The van der Waals surface area contributed by atoms with Crippen molar-refractivity contribution in [2.75, 3.05) is 13.1 Å². The molecule has 106 valence electrons. The van der Waals surface area contributed by atoms with Gasteiger partial charge in [-0.25, -0.2) is 5.84 Å². The van der Waals surface area contributed by atoms with Crippen molar-refractivity contribution in [2.45, 2.75) is 32.4 Å². The molecular weight excluding hydrogens is 246 g/mol. The van der Waals surface area contributed by atoms with Crippen LogP contribution in [0, 0.1) is 5.92 Å². The first-order valence-corrected chi connectivity index (χ1v) is 6.60. The predicted molar refractivity (Wildman–Crippen MR) is 70.0 cm³/mol. The molecular formula is C13H21N3O3. The second-order valence-corrected chi connectivity index (χ2v) is 5.09. The van der Waals surface area contributed by atoms with E-state index in [0.717, 1.165) is 31.7 Å². The average Bonchev–Trinajstić information content (AvgIpc) is 2.87. The quantitative estimate of drug-likeness (QED) is 0.419. The summed E-state index contributed by atoms with van der Waals surface area (Å²) in [4.78, 5) is 13.5. The Balaban J connectivity index is 1.85. The highest BCUT2D eigenvalue weighted by atomic mass is 16.4. The van der Waals surface area contributed by atoms with Gasteiger partial charge in [-0.05, 0) is 50.9 Å². The van der Waals surface area contributed by atoms with Crippen molar-refractivity contribution >= 4 is 5.91 Å². The van der Waals surface area contributed by atoms with E-state index in [9.17, 15) is 9.90 Å². The van der Waals surface area contributed by atoms with Gasteiger partial charge in [0.25, 0.3) is 0 Å². The maximum absolute atomic E-state index is 11.3. The van der Waals surface area contributed by atoms with Crippen LogP contribution >= 0.6 is 0 Å². The molecule has 0 aliphatic carbocycles. The molecule has 0 spiro atoms. The fourth-order valence-corrected chi connectivity index (χ4v) is 2.47. The topological polar surface area (TPSA) is 91.7 Å². The lowest BCUT2D eigenvalue weighted by Gasteiger charge is -2.32. The summed E-state index contributed by atoms with van der Waals surface area (Å²) in [5.74, 6) is 6.02. The molecule has 1 unspecified atom stereocenters. The number of piperidine rings is 1. The van der Waals surface area contributed by atoms with E-state index in [1.54, 1.807) is 12.1 Å². The number of hydrazine groups is 1. The molecule has 1 saturated heterocycles. The third kappa shape index (κ3) is 3.56. The number of nitrogen functional groups attached to an aromatic ring is 1. The van der Waals surface area contributed by atoms with E-state index in [1.807, 2.05) is 12.3 Å². The number of amides is 1. The SMILES string of the molecule is CC(O)C1CCN(Cc2ccc(C(=O)NN)o2)CC1. The first kappa shape index (κ1) is 14.0. The second-order valence-electron chi connectivity index (χ2n) is 5.09. The summed E-state index contributed by atoms with van der Waals surface area (Å²) < 4.78 is 5.43. The van der Waals surface area contributed by atoms with E-state index in [-0.39, 0.29) is 11.9 Å². The third-order valence-electron chi connectivity index (χ3n) is 3.71. The Morgan fingerprint density at radius 1 is 1.58 bits per heavy atom. The molecule has 1 aliphatic heterocycles. The van der Waals surface area contributed by atoms with E-state index >= 15 is 0 Å². The Morgan fingerprint density at radius 2 is 2.26 bits per heavy atom. The summed E-state index contributed by atoms with van der Waals surface area (Å²) in [6.45, 7) is 4.41. The lowest BCUT2D eigenvalue weighted by molar-refractivity contribution is 0.0669. The highest BCUT2D eigenvalue weighted by Gasteiger charge is 2.23. The van der Waals surface area contributed by atoms with Crippen LogP contribution in [0.25, 0.3) is 0 Å². The van der Waals surface area contributed by atoms with Crippen LogP contribution in [0.15, 0.2) is 16.5 Å². The molecule has 0 radical (unpaired) electrons. The van der Waals surface area contributed by atoms with Gasteiger partial charge < -0.3 is 9.52 Å². The molecule has 6 nitrogen and oxygen atoms in total. The minimum Gasteiger partial charge on any atom is -0.455 e. The molecule has 1 aromatic rings. The minimum absolute atomic E-state index is 0.231. The smallest absolute Gasteiger partial charge is 0.300 e. The van der Waals surface area contributed by atoms with Crippen molar-refractivity contribution in [1.29, 1.82) is 0 Å². The standard InChI is InChI=1S/C13H21N3O3/c1-9(17)10-4-6-16(7-5-10)8-11-2-3-12(19-11)13(18)15-14/h2-3,9-10,17H,4-8,14H2,1H3,(H,15,18). The van der Waals surface area contributed by atoms with Crippen molar-refractivity contribution in [2.24, 2.45) is 11.8 Å². The first-order valence-electron chi connectivity index (χ1n) is 6.60. The Morgan fingerprint density at radius 3 is 2.84 bits per heavy atom. The highest BCUT2D eigenvalue weighted by molar-refractivity contribution is 5.90. The number of aliphatic hydroxyl groups excluding tert-OH is 1. The molecule has 0 aromatic carbocycles. The van der Waals surface area contributed by atoms with Gasteiger partial charge in [-0.2, -0.15) is 0 Å². The van der Waals surface area contributed by atoms with Gasteiger partial charge in [0.15, 0.2) is 5.76 Å². The summed E-state index contributed by atoms with van der Waals surface area (Å²) in [5, 5.41) is 9.55. The molecule has 0 bridgehead atoms. The second kappa shape index (κ2) is 6.18. The van der Waals surface area contributed by atoms with Crippen LogP contribution in [0.3, 0.4) is 0 Å². The Labute approximate surface area is 112 Å². The molecule has 1 atom stereocenters. The molecule has 19 heavy (non-hydrogen) atoms. The number of nitrogens with zero attached hydrogens (tertiary/aromatic N) is 1. The molecule has 1 aliphatic rings. The fourth-order valence-electron chi connectivity index (χ4n) is 2.47. The van der Waals surface area contributed by atoms with E-state index in [2.05, 4.69) is 4.90 Å². The molecule has 1 fully saturated rings. The summed E-state index contributed by atoms with van der Waals surface area (Å²) in [6.07, 6.45) is 1.76. The van der Waals surface area contributed by atoms with E-state index in [1.165, 1.54) is 0 Å². The zero-order valence-electron chi connectivity index (χ0n) is 11.1. The zero-order chi connectivity index (χ0) is 13.8. The lowest BCUT2D eigenvalue weighted by Crippen LogP contribution is -2.36. The number of aliphatic hydroxyl groups is 1. The molecule has 2 rings (SSSR count). The monoisotopic (exact) mass is 267 g/mol. The summed E-state index contributed by atoms with van der Waals surface area (Å²) in [5.41, 5.74) is 2.04. The van der Waals surface area contributed by atoms with Crippen molar-refractivity contribution in [3.05, 3.63) is 23.7 Å². The van der Waals surface area contributed by atoms with Crippen LogP contribution in [-0.2, 0) is 6.54 Å². The number of rotatable bonds is 4. The number of nitrogens with one attached hydrogen (secondary N) is 1. The maximum Gasteiger partial charge on any atom is 0.300 e. The van der Waals surface area contributed by atoms with Gasteiger partial charge in [-0.1, -0.05) is 0 Å². The number of carbonyl (C=O) groups excluding carboxylic acids is 1.